The van der Waals surface area contributed by atoms with E-state index < -0.39 is 0 Å². The molecule has 2 rings (SSSR count). The Balaban J connectivity index is 2.52. The summed E-state index contributed by atoms with van der Waals surface area (Å²) < 4.78 is 0. The topological polar surface area (TPSA) is 20.2 Å². The Hall–Kier alpha value is -0.980. The molecule has 1 aliphatic rings. The molecule has 1 aromatic rings. The molecule has 0 saturated heterocycles. The van der Waals surface area contributed by atoms with Gasteiger partial charge in [-0.25, -0.2) is 0 Å². The number of rotatable bonds is 1. The highest BCUT2D eigenvalue weighted by Crippen LogP contribution is 2.32. The zero-order chi connectivity index (χ0) is 10.1. The average Bonchev–Trinajstić information content (AvgIpc) is 2.16. The fourth-order valence-corrected chi connectivity index (χ4v) is 2.40. The maximum atomic E-state index is 9.62. The Morgan fingerprint density at radius 1 is 1.14 bits per heavy atom. The number of phenolic OH excluding ortho intramolecular Hbond substituents is 1. The molecule has 0 fully saturated rings. The molecule has 0 atom stereocenters. The number of fused-ring (bicyclic) bond motifs is 1. The van der Waals surface area contributed by atoms with Gasteiger partial charge >= 0.3 is 0 Å². The molecule has 1 N–H and O–H groups in total. The third kappa shape index (κ3) is 1.63. The van der Waals surface area contributed by atoms with Crippen LogP contribution in [0.4, 0.5) is 0 Å². The van der Waals surface area contributed by atoms with E-state index in [1.165, 1.54) is 36.0 Å². The quantitative estimate of drug-likeness (QED) is 0.719. The molecule has 0 spiro atoms. The summed E-state index contributed by atoms with van der Waals surface area (Å²) in [7, 11) is 0. The predicted octanol–water partition coefficient (Wildman–Crippen LogP) is 3.39. The van der Waals surface area contributed by atoms with Gasteiger partial charge in [-0.3, -0.25) is 0 Å². The van der Waals surface area contributed by atoms with Crippen molar-refractivity contribution in [3.05, 3.63) is 28.8 Å². The lowest BCUT2D eigenvalue weighted by atomic mass is 9.84. The smallest absolute Gasteiger partial charge is 0.116 e. The molecule has 76 valence electrons. The van der Waals surface area contributed by atoms with E-state index in [-0.39, 0.29) is 0 Å². The van der Waals surface area contributed by atoms with Crippen molar-refractivity contribution in [1.82, 2.24) is 0 Å². The first kappa shape index (κ1) is 9.57. The zero-order valence-corrected chi connectivity index (χ0v) is 9.01. The van der Waals surface area contributed by atoms with Crippen LogP contribution in [0.3, 0.4) is 0 Å². The van der Waals surface area contributed by atoms with Gasteiger partial charge in [-0.15, -0.1) is 0 Å². The maximum absolute atomic E-state index is 9.62. The summed E-state index contributed by atoms with van der Waals surface area (Å²) in [6.07, 6.45) is 4.91. The van der Waals surface area contributed by atoms with Gasteiger partial charge in [0.25, 0.3) is 0 Å². The van der Waals surface area contributed by atoms with Gasteiger partial charge in [0.1, 0.15) is 5.75 Å². The molecule has 0 radical (unpaired) electrons. The van der Waals surface area contributed by atoms with Crippen LogP contribution in [-0.4, -0.2) is 5.11 Å². The van der Waals surface area contributed by atoms with Crippen LogP contribution < -0.4 is 0 Å². The lowest BCUT2D eigenvalue weighted by Gasteiger charge is -2.21. The van der Waals surface area contributed by atoms with Crippen molar-refractivity contribution in [1.29, 1.82) is 0 Å². The van der Waals surface area contributed by atoms with Crippen molar-refractivity contribution < 1.29 is 5.11 Å². The van der Waals surface area contributed by atoms with Crippen LogP contribution in [0, 0.1) is 0 Å². The lowest BCUT2D eigenvalue weighted by Crippen LogP contribution is -2.07. The van der Waals surface area contributed by atoms with E-state index in [9.17, 15) is 5.11 Å². The van der Waals surface area contributed by atoms with Crippen LogP contribution >= 0.6 is 0 Å². The molecular formula is C13H18O. The fraction of sp³-hybridized carbons (Fsp3) is 0.538. The first-order valence-corrected chi connectivity index (χ1v) is 5.53. The van der Waals surface area contributed by atoms with Gasteiger partial charge < -0.3 is 5.11 Å². The van der Waals surface area contributed by atoms with Crippen LogP contribution in [0.15, 0.2) is 12.1 Å². The molecule has 1 aromatic carbocycles. The fourth-order valence-electron chi connectivity index (χ4n) is 2.40. The molecule has 1 aliphatic carbocycles. The summed E-state index contributed by atoms with van der Waals surface area (Å²) in [6, 6.07) is 3.88. The highest BCUT2D eigenvalue weighted by molar-refractivity contribution is 5.44. The molecule has 0 bridgehead atoms. The highest BCUT2D eigenvalue weighted by atomic mass is 16.3. The summed E-state index contributed by atoms with van der Waals surface area (Å²) in [5, 5.41) is 9.62. The largest absolute Gasteiger partial charge is 0.508 e. The molecule has 0 amide bonds. The Labute approximate surface area is 85.8 Å². The van der Waals surface area contributed by atoms with Gasteiger partial charge in [-0.2, -0.15) is 0 Å². The first-order valence-electron chi connectivity index (χ1n) is 5.53. The Morgan fingerprint density at radius 3 is 2.57 bits per heavy atom. The molecular weight excluding hydrogens is 172 g/mol. The lowest BCUT2D eigenvalue weighted by molar-refractivity contribution is 0.471. The third-order valence-electron chi connectivity index (χ3n) is 3.11. The number of phenols is 1. The van der Waals surface area contributed by atoms with Crippen LogP contribution in [-0.2, 0) is 12.8 Å². The number of aryl methyl sites for hydroxylation is 1. The first-order chi connectivity index (χ1) is 6.68. The summed E-state index contributed by atoms with van der Waals surface area (Å²) in [6.45, 7) is 4.40. The van der Waals surface area contributed by atoms with E-state index >= 15 is 0 Å². The van der Waals surface area contributed by atoms with Crippen LogP contribution in [0.1, 0.15) is 49.3 Å². The van der Waals surface area contributed by atoms with Crippen molar-refractivity contribution in [3.8, 4) is 5.75 Å². The number of hydrogen-bond donors (Lipinski definition) is 1. The summed E-state index contributed by atoms with van der Waals surface area (Å²) in [5.41, 5.74) is 4.23. The van der Waals surface area contributed by atoms with E-state index in [0.29, 0.717) is 11.7 Å². The predicted molar refractivity (Wildman–Crippen MR) is 58.8 cm³/mol. The monoisotopic (exact) mass is 190 g/mol. The summed E-state index contributed by atoms with van der Waals surface area (Å²) >= 11 is 0. The normalized spacial score (nSPS) is 15.6. The second kappa shape index (κ2) is 3.64. The van der Waals surface area contributed by atoms with Crippen LogP contribution in [0.25, 0.3) is 0 Å². The van der Waals surface area contributed by atoms with Gasteiger partial charge in [0.2, 0.25) is 0 Å². The molecule has 0 aromatic heterocycles. The van der Waals surface area contributed by atoms with E-state index in [0.717, 1.165) is 6.42 Å². The van der Waals surface area contributed by atoms with E-state index in [4.69, 9.17) is 0 Å². The van der Waals surface area contributed by atoms with Crippen LogP contribution in [0.2, 0.25) is 0 Å². The van der Waals surface area contributed by atoms with Gasteiger partial charge in [0, 0.05) is 0 Å². The molecule has 0 aliphatic heterocycles. The van der Waals surface area contributed by atoms with Crippen molar-refractivity contribution in [3.63, 3.8) is 0 Å². The molecule has 1 heteroatoms. The van der Waals surface area contributed by atoms with Crippen LogP contribution in [0.5, 0.6) is 5.75 Å². The van der Waals surface area contributed by atoms with Gasteiger partial charge in [-0.05, 0) is 60.4 Å². The Kier molecular flexibility index (Phi) is 2.49. The average molecular weight is 190 g/mol. The van der Waals surface area contributed by atoms with Gasteiger partial charge in [0.15, 0.2) is 0 Å². The minimum absolute atomic E-state index is 0.439. The number of benzene rings is 1. The van der Waals surface area contributed by atoms with E-state index in [1.807, 2.05) is 12.1 Å². The van der Waals surface area contributed by atoms with Crippen molar-refractivity contribution in [2.45, 2.75) is 45.4 Å². The molecule has 1 nitrogen and oxygen atoms in total. The van der Waals surface area contributed by atoms with Crippen molar-refractivity contribution in [2.24, 2.45) is 0 Å². The minimum atomic E-state index is 0.439. The van der Waals surface area contributed by atoms with Gasteiger partial charge in [-0.1, -0.05) is 13.8 Å². The standard InChI is InChI=1S/C13H18O/c1-9(2)13-8-11(14)7-10-5-3-4-6-12(10)13/h7-9,14H,3-6H2,1-2H3. The summed E-state index contributed by atoms with van der Waals surface area (Å²) in [4.78, 5) is 0. The Bertz CT molecular complexity index is 339. The Morgan fingerprint density at radius 2 is 1.86 bits per heavy atom. The number of aromatic hydroxyl groups is 1. The molecule has 0 saturated carbocycles. The highest BCUT2D eigenvalue weighted by Gasteiger charge is 2.16. The molecule has 0 heterocycles. The van der Waals surface area contributed by atoms with E-state index in [2.05, 4.69) is 13.8 Å². The second-order valence-corrected chi connectivity index (χ2v) is 4.53. The molecule has 14 heavy (non-hydrogen) atoms. The SMILES string of the molecule is CC(C)c1cc(O)cc2c1CCCC2. The van der Waals surface area contributed by atoms with Crippen molar-refractivity contribution >= 4 is 0 Å². The van der Waals surface area contributed by atoms with E-state index in [1.54, 1.807) is 0 Å². The van der Waals surface area contributed by atoms with Gasteiger partial charge in [0.05, 0.1) is 0 Å². The second-order valence-electron chi connectivity index (χ2n) is 4.53. The maximum Gasteiger partial charge on any atom is 0.116 e. The minimum Gasteiger partial charge on any atom is -0.508 e. The molecule has 0 unspecified atom stereocenters. The third-order valence-corrected chi connectivity index (χ3v) is 3.11. The number of hydrogen-bond acceptors (Lipinski definition) is 1. The van der Waals surface area contributed by atoms with Crippen molar-refractivity contribution in [2.75, 3.05) is 0 Å². The zero-order valence-electron chi connectivity index (χ0n) is 9.01. The summed E-state index contributed by atoms with van der Waals surface area (Å²) in [5.74, 6) is 0.961.